The Bertz CT molecular complexity index is 912. The highest BCUT2D eigenvalue weighted by atomic mass is 127. The number of hydrogen-bond acceptors (Lipinski definition) is 4. The molecule has 0 aromatic heterocycles. The van der Waals surface area contributed by atoms with E-state index >= 15 is 0 Å². The monoisotopic (exact) mass is 513 g/mol. The first kappa shape index (κ1) is 20.4. The highest BCUT2D eigenvalue weighted by molar-refractivity contribution is 14.1. The van der Waals surface area contributed by atoms with Crippen molar-refractivity contribution >= 4 is 57.7 Å². The van der Waals surface area contributed by atoms with Crippen molar-refractivity contribution in [3.8, 4) is 0 Å². The van der Waals surface area contributed by atoms with E-state index in [9.17, 15) is 19.5 Å². The number of anilines is 1. The van der Waals surface area contributed by atoms with E-state index < -0.39 is 18.1 Å². The maximum absolute atomic E-state index is 12.2. The van der Waals surface area contributed by atoms with Crippen LogP contribution in [0.15, 0.2) is 54.3 Å². The number of halogens is 2. The third-order valence-electron chi connectivity index (χ3n) is 4.32. The molecule has 3 rings (SSSR count). The molecule has 1 aromatic carbocycles. The van der Waals surface area contributed by atoms with Crippen molar-refractivity contribution in [1.82, 2.24) is 10.2 Å². The van der Waals surface area contributed by atoms with Gasteiger partial charge < -0.3 is 20.6 Å². The molecule has 1 aromatic rings. The summed E-state index contributed by atoms with van der Waals surface area (Å²) in [6, 6.07) is 3.27. The number of ketones is 1. The summed E-state index contributed by atoms with van der Waals surface area (Å²) in [7, 11) is 0. The van der Waals surface area contributed by atoms with Crippen LogP contribution >= 0.6 is 34.2 Å². The smallest absolute Gasteiger partial charge is 0.326 e. The number of carboxylic acids is 1. The normalized spacial score (nSPS) is 21.1. The Labute approximate surface area is 180 Å². The van der Waals surface area contributed by atoms with Crippen molar-refractivity contribution < 1.29 is 19.5 Å². The number of urea groups is 1. The minimum atomic E-state index is -1.02. The Hall–Kier alpha value is -2.33. The van der Waals surface area contributed by atoms with Crippen molar-refractivity contribution in [2.75, 3.05) is 11.9 Å². The molecule has 2 atom stereocenters. The lowest BCUT2D eigenvalue weighted by atomic mass is 10.1. The molecular formula is C19H17ClIN3O4. The van der Waals surface area contributed by atoms with E-state index in [-0.39, 0.29) is 24.8 Å². The van der Waals surface area contributed by atoms with Gasteiger partial charge in [-0.25, -0.2) is 9.59 Å². The number of nitrogens with one attached hydrogen (secondary N) is 2. The maximum atomic E-state index is 12.2. The Balaban J connectivity index is 1.68. The van der Waals surface area contributed by atoms with E-state index in [0.717, 1.165) is 3.57 Å². The van der Waals surface area contributed by atoms with Crippen molar-refractivity contribution in [2.45, 2.75) is 18.5 Å². The summed E-state index contributed by atoms with van der Waals surface area (Å²) in [5, 5.41) is 15.7. The number of aliphatic carboxylic acids is 1. The molecule has 2 unspecified atom stereocenters. The number of hydrogen-bond donors (Lipinski definition) is 3. The van der Waals surface area contributed by atoms with Gasteiger partial charge in [-0.2, -0.15) is 0 Å². The molecular weight excluding hydrogens is 497 g/mol. The average molecular weight is 514 g/mol. The van der Waals surface area contributed by atoms with Crippen LogP contribution in [-0.2, 0) is 9.59 Å². The molecule has 1 aliphatic heterocycles. The molecule has 7 nitrogen and oxygen atoms in total. The highest BCUT2D eigenvalue weighted by Crippen LogP contribution is 2.24. The lowest BCUT2D eigenvalue weighted by Crippen LogP contribution is -2.41. The van der Waals surface area contributed by atoms with Gasteiger partial charge in [-0.1, -0.05) is 35.9 Å². The molecule has 9 heteroatoms. The Morgan fingerprint density at radius 2 is 2.21 bits per heavy atom. The summed E-state index contributed by atoms with van der Waals surface area (Å²) < 4.78 is 0.844. The van der Waals surface area contributed by atoms with E-state index in [1.165, 1.54) is 11.0 Å². The zero-order valence-electron chi connectivity index (χ0n) is 14.6. The zero-order chi connectivity index (χ0) is 20.3. The minimum Gasteiger partial charge on any atom is -0.480 e. The SMILES string of the molecule is O=C(O)C(CC=C1CN(C2C=CC=CC2=O)C(=O)N1)Nc1cc(Cl)ccc1I. The molecule has 1 heterocycles. The summed E-state index contributed by atoms with van der Waals surface area (Å²) in [5.41, 5.74) is 1.19. The number of carboxylic acid groups (broad SMARTS) is 1. The number of benzene rings is 1. The molecule has 146 valence electrons. The third-order valence-corrected chi connectivity index (χ3v) is 5.49. The Morgan fingerprint density at radius 3 is 2.93 bits per heavy atom. The first-order chi connectivity index (χ1) is 13.3. The lowest BCUT2D eigenvalue weighted by molar-refractivity contribution is -0.137. The summed E-state index contributed by atoms with van der Waals surface area (Å²) >= 11 is 8.08. The second kappa shape index (κ2) is 8.78. The van der Waals surface area contributed by atoms with Crippen molar-refractivity contribution in [3.63, 3.8) is 0 Å². The summed E-state index contributed by atoms with van der Waals surface area (Å²) in [5.74, 6) is -1.19. The summed E-state index contributed by atoms with van der Waals surface area (Å²) in [6.45, 7) is 0.217. The predicted molar refractivity (Wildman–Crippen MR) is 114 cm³/mol. The van der Waals surface area contributed by atoms with Gasteiger partial charge in [0.2, 0.25) is 0 Å². The Morgan fingerprint density at radius 1 is 1.43 bits per heavy atom. The first-order valence-corrected chi connectivity index (χ1v) is 9.90. The number of allylic oxidation sites excluding steroid dienone is 2. The van der Waals surface area contributed by atoms with Crippen LogP contribution in [-0.4, -0.2) is 46.4 Å². The molecule has 28 heavy (non-hydrogen) atoms. The number of amides is 2. The van der Waals surface area contributed by atoms with Crippen LogP contribution in [0, 0.1) is 3.57 Å². The van der Waals surface area contributed by atoms with E-state index in [2.05, 4.69) is 33.2 Å². The summed E-state index contributed by atoms with van der Waals surface area (Å²) in [4.78, 5) is 37.2. The molecule has 1 saturated heterocycles. The number of nitrogens with zero attached hydrogens (tertiary/aromatic N) is 1. The second-order valence-electron chi connectivity index (χ2n) is 6.27. The molecule has 0 bridgehead atoms. The van der Waals surface area contributed by atoms with Crippen molar-refractivity contribution in [2.24, 2.45) is 0 Å². The van der Waals surface area contributed by atoms with Gasteiger partial charge in [-0.05, 0) is 53.3 Å². The average Bonchev–Trinajstić information content (AvgIpc) is 3.02. The van der Waals surface area contributed by atoms with Crippen LogP contribution in [0.1, 0.15) is 6.42 Å². The van der Waals surface area contributed by atoms with Crippen molar-refractivity contribution in [1.29, 1.82) is 0 Å². The van der Waals surface area contributed by atoms with Crippen LogP contribution in [0.5, 0.6) is 0 Å². The van der Waals surface area contributed by atoms with Crippen molar-refractivity contribution in [3.05, 3.63) is 62.9 Å². The molecule has 1 fully saturated rings. The van der Waals surface area contributed by atoms with E-state index in [0.29, 0.717) is 16.4 Å². The first-order valence-electron chi connectivity index (χ1n) is 8.45. The quantitative estimate of drug-likeness (QED) is 0.508. The topological polar surface area (TPSA) is 98.7 Å². The second-order valence-corrected chi connectivity index (χ2v) is 7.87. The zero-order valence-corrected chi connectivity index (χ0v) is 17.5. The molecule has 0 spiro atoms. The largest absolute Gasteiger partial charge is 0.480 e. The minimum absolute atomic E-state index is 0.149. The van der Waals surface area contributed by atoms with Crippen LogP contribution < -0.4 is 10.6 Å². The fourth-order valence-corrected chi connectivity index (χ4v) is 3.56. The molecule has 3 N–H and O–H groups in total. The fraction of sp³-hybridized carbons (Fsp3) is 0.211. The maximum Gasteiger partial charge on any atom is 0.326 e. The molecule has 2 aliphatic rings. The number of carbonyl (C=O) groups is 3. The standard InChI is InChI=1S/C19H17ClIN3O4/c20-11-5-7-13(21)15(9-11)23-14(18(26)27)8-6-12-10-24(19(28)22-12)16-3-1-2-4-17(16)25/h1-7,9,14,16,23H,8,10H2,(H,22,28)(H,26,27). The number of carbonyl (C=O) groups excluding carboxylic acids is 2. The number of rotatable bonds is 6. The predicted octanol–water partition coefficient (Wildman–Crippen LogP) is 3.17. The Kier molecular flexibility index (Phi) is 6.40. The van der Waals surface area contributed by atoms with Gasteiger partial charge in [0.25, 0.3) is 0 Å². The van der Waals surface area contributed by atoms with Crippen LogP contribution in [0.2, 0.25) is 5.02 Å². The van der Waals surface area contributed by atoms with Gasteiger partial charge in [0.15, 0.2) is 5.78 Å². The van der Waals surface area contributed by atoms with Gasteiger partial charge in [-0.15, -0.1) is 0 Å². The lowest BCUT2D eigenvalue weighted by Gasteiger charge is -2.22. The molecule has 0 radical (unpaired) electrons. The van der Waals surface area contributed by atoms with Crippen LogP contribution in [0.3, 0.4) is 0 Å². The van der Waals surface area contributed by atoms with E-state index in [1.54, 1.807) is 42.5 Å². The molecule has 0 saturated carbocycles. The highest BCUT2D eigenvalue weighted by Gasteiger charge is 2.33. The fourth-order valence-electron chi connectivity index (χ4n) is 2.89. The third kappa shape index (κ3) is 4.74. The van der Waals surface area contributed by atoms with Gasteiger partial charge in [-0.3, -0.25) is 4.79 Å². The van der Waals surface area contributed by atoms with Crippen LogP contribution in [0.4, 0.5) is 10.5 Å². The van der Waals surface area contributed by atoms with E-state index in [1.807, 2.05) is 0 Å². The summed E-state index contributed by atoms with van der Waals surface area (Å²) in [6.07, 6.45) is 8.25. The van der Waals surface area contributed by atoms with Gasteiger partial charge in [0, 0.05) is 20.0 Å². The molecule has 1 aliphatic carbocycles. The van der Waals surface area contributed by atoms with Gasteiger partial charge >= 0.3 is 12.0 Å². The van der Waals surface area contributed by atoms with Gasteiger partial charge in [0.1, 0.15) is 12.1 Å². The van der Waals surface area contributed by atoms with Gasteiger partial charge in [0.05, 0.1) is 6.54 Å². The molecule has 2 amide bonds. The van der Waals surface area contributed by atoms with E-state index in [4.69, 9.17) is 11.6 Å². The van der Waals surface area contributed by atoms with Crippen LogP contribution in [0.25, 0.3) is 0 Å².